The second-order valence-corrected chi connectivity index (χ2v) is 6.78. The first-order valence-electron chi connectivity index (χ1n) is 8.72. The first kappa shape index (κ1) is 15.7. The van der Waals surface area contributed by atoms with Gasteiger partial charge in [0.2, 0.25) is 5.91 Å². The summed E-state index contributed by atoms with van der Waals surface area (Å²) in [4.78, 5) is 19.0. The monoisotopic (exact) mass is 334 g/mol. The Kier molecular flexibility index (Phi) is 3.92. The number of rotatable bonds is 3. The number of anilines is 2. The molecule has 0 spiro atoms. The van der Waals surface area contributed by atoms with Gasteiger partial charge in [0.15, 0.2) is 0 Å². The zero-order chi connectivity index (χ0) is 17.4. The van der Waals surface area contributed by atoms with Crippen molar-refractivity contribution in [3.05, 3.63) is 54.4 Å². The van der Waals surface area contributed by atoms with Crippen LogP contribution in [0.15, 0.2) is 48.5 Å². The van der Waals surface area contributed by atoms with Crippen LogP contribution < -0.4 is 10.2 Å². The number of nitrogens with one attached hydrogen (secondary N) is 1. The van der Waals surface area contributed by atoms with Crippen molar-refractivity contribution in [2.24, 2.45) is 5.92 Å². The predicted molar refractivity (Wildman–Crippen MR) is 101 cm³/mol. The summed E-state index contributed by atoms with van der Waals surface area (Å²) >= 11 is 0. The molecule has 1 aliphatic heterocycles. The van der Waals surface area contributed by atoms with E-state index < -0.39 is 0 Å². The summed E-state index contributed by atoms with van der Waals surface area (Å²) in [6.07, 6.45) is 0. The van der Waals surface area contributed by atoms with E-state index in [1.165, 1.54) is 5.52 Å². The van der Waals surface area contributed by atoms with Gasteiger partial charge in [-0.15, -0.1) is 0 Å². The Balaban J connectivity index is 1.58. The molecule has 5 heteroatoms. The van der Waals surface area contributed by atoms with Crippen molar-refractivity contribution >= 4 is 28.3 Å². The van der Waals surface area contributed by atoms with Crippen LogP contribution in [0.1, 0.15) is 19.7 Å². The van der Waals surface area contributed by atoms with Crippen LogP contribution in [0.4, 0.5) is 11.4 Å². The Morgan fingerprint density at radius 1 is 1.12 bits per heavy atom. The number of benzene rings is 2. The fourth-order valence-corrected chi connectivity index (χ4v) is 3.25. The summed E-state index contributed by atoms with van der Waals surface area (Å²) in [5.74, 6) is 1.10. The molecule has 1 aromatic heterocycles. The van der Waals surface area contributed by atoms with Crippen LogP contribution in [0.2, 0.25) is 0 Å². The van der Waals surface area contributed by atoms with Crippen molar-refractivity contribution in [2.75, 3.05) is 16.8 Å². The van der Waals surface area contributed by atoms with Gasteiger partial charge in [-0.1, -0.05) is 32.0 Å². The molecule has 2 aromatic carbocycles. The van der Waals surface area contributed by atoms with E-state index in [0.29, 0.717) is 0 Å². The van der Waals surface area contributed by atoms with Crippen molar-refractivity contribution in [3.8, 4) is 0 Å². The highest BCUT2D eigenvalue weighted by Gasteiger charge is 2.20. The highest BCUT2D eigenvalue weighted by molar-refractivity contribution is 5.92. The summed E-state index contributed by atoms with van der Waals surface area (Å²) < 4.78 is 2.30. The quantitative estimate of drug-likeness (QED) is 0.795. The van der Waals surface area contributed by atoms with Crippen molar-refractivity contribution < 1.29 is 4.79 Å². The van der Waals surface area contributed by atoms with Crippen molar-refractivity contribution in [3.63, 3.8) is 0 Å². The van der Waals surface area contributed by atoms with Gasteiger partial charge in [0, 0.05) is 30.4 Å². The number of fused-ring (bicyclic) bond motifs is 3. The molecule has 3 aromatic rings. The Bertz CT molecular complexity index is 928. The van der Waals surface area contributed by atoms with Crippen LogP contribution in [-0.4, -0.2) is 22.0 Å². The molecule has 1 aliphatic rings. The SMILES string of the molecule is CC(C)C(=O)Nc1cccc(N2CCn3c(nc4ccccc43)C2)c1. The third-order valence-electron chi connectivity index (χ3n) is 4.66. The molecule has 4 rings (SSSR count). The lowest BCUT2D eigenvalue weighted by Gasteiger charge is -2.30. The summed E-state index contributed by atoms with van der Waals surface area (Å²) in [5.41, 5.74) is 4.21. The lowest BCUT2D eigenvalue weighted by molar-refractivity contribution is -0.118. The zero-order valence-electron chi connectivity index (χ0n) is 14.6. The van der Waals surface area contributed by atoms with Gasteiger partial charge in [-0.2, -0.15) is 0 Å². The largest absolute Gasteiger partial charge is 0.362 e. The molecule has 0 saturated heterocycles. The van der Waals surface area contributed by atoms with E-state index in [-0.39, 0.29) is 11.8 Å². The minimum Gasteiger partial charge on any atom is -0.362 e. The fourth-order valence-electron chi connectivity index (χ4n) is 3.25. The summed E-state index contributed by atoms with van der Waals surface area (Å²) in [6.45, 7) is 6.41. The van der Waals surface area contributed by atoms with E-state index in [9.17, 15) is 4.79 Å². The van der Waals surface area contributed by atoms with E-state index in [4.69, 9.17) is 4.98 Å². The molecule has 1 N–H and O–H groups in total. The number of hydrogen-bond donors (Lipinski definition) is 1. The fraction of sp³-hybridized carbons (Fsp3) is 0.300. The van der Waals surface area contributed by atoms with Crippen LogP contribution in [0.5, 0.6) is 0 Å². The number of imidazole rings is 1. The third-order valence-corrected chi connectivity index (χ3v) is 4.66. The van der Waals surface area contributed by atoms with Gasteiger partial charge in [0.05, 0.1) is 17.6 Å². The minimum atomic E-state index is -0.0291. The molecule has 0 aliphatic carbocycles. The van der Waals surface area contributed by atoms with Gasteiger partial charge in [0.1, 0.15) is 5.82 Å². The second-order valence-electron chi connectivity index (χ2n) is 6.78. The molecule has 0 saturated carbocycles. The number of para-hydroxylation sites is 2. The van der Waals surface area contributed by atoms with Gasteiger partial charge < -0.3 is 14.8 Å². The van der Waals surface area contributed by atoms with Crippen LogP contribution in [0, 0.1) is 5.92 Å². The first-order valence-corrected chi connectivity index (χ1v) is 8.72. The number of carbonyl (C=O) groups is 1. The van der Waals surface area contributed by atoms with Crippen LogP contribution in [0.3, 0.4) is 0 Å². The Morgan fingerprint density at radius 3 is 2.80 bits per heavy atom. The van der Waals surface area contributed by atoms with Gasteiger partial charge in [-0.25, -0.2) is 4.98 Å². The minimum absolute atomic E-state index is 0.0291. The molecule has 0 bridgehead atoms. The van der Waals surface area contributed by atoms with E-state index in [1.54, 1.807) is 0 Å². The predicted octanol–water partition coefficient (Wildman–Crippen LogP) is 3.65. The highest BCUT2D eigenvalue weighted by atomic mass is 16.1. The Labute approximate surface area is 147 Å². The number of carbonyl (C=O) groups excluding carboxylic acids is 1. The maximum absolute atomic E-state index is 11.9. The van der Waals surface area contributed by atoms with Crippen LogP contribution >= 0.6 is 0 Å². The van der Waals surface area contributed by atoms with E-state index >= 15 is 0 Å². The lowest BCUT2D eigenvalue weighted by Crippen LogP contribution is -2.33. The molecule has 25 heavy (non-hydrogen) atoms. The normalized spacial score (nSPS) is 14.0. The molecule has 1 amide bonds. The average Bonchev–Trinajstić information content (AvgIpc) is 2.99. The van der Waals surface area contributed by atoms with Crippen LogP contribution in [-0.2, 0) is 17.9 Å². The maximum atomic E-state index is 11.9. The Morgan fingerprint density at radius 2 is 1.96 bits per heavy atom. The number of aromatic nitrogens is 2. The zero-order valence-corrected chi connectivity index (χ0v) is 14.6. The van der Waals surface area contributed by atoms with Gasteiger partial charge in [-0.3, -0.25) is 4.79 Å². The van der Waals surface area contributed by atoms with Gasteiger partial charge >= 0.3 is 0 Å². The highest BCUT2D eigenvalue weighted by Crippen LogP contribution is 2.26. The maximum Gasteiger partial charge on any atom is 0.226 e. The number of nitrogens with zero attached hydrogens (tertiary/aromatic N) is 3. The third kappa shape index (κ3) is 2.97. The van der Waals surface area contributed by atoms with Gasteiger partial charge in [-0.05, 0) is 30.3 Å². The summed E-state index contributed by atoms with van der Waals surface area (Å²) in [7, 11) is 0. The number of amides is 1. The lowest BCUT2D eigenvalue weighted by atomic mass is 10.2. The molecule has 0 unspecified atom stereocenters. The standard InChI is InChI=1S/C20H22N4O/c1-14(2)20(25)21-15-6-5-7-16(12-15)23-10-11-24-18-9-4-3-8-17(18)22-19(24)13-23/h3-9,12,14H,10-11,13H2,1-2H3,(H,21,25). The van der Waals surface area contributed by atoms with E-state index in [0.717, 1.165) is 42.4 Å². The first-order chi connectivity index (χ1) is 12.1. The molecule has 0 fully saturated rings. The Hall–Kier alpha value is -2.82. The average molecular weight is 334 g/mol. The van der Waals surface area contributed by atoms with Crippen molar-refractivity contribution in [1.82, 2.24) is 9.55 Å². The van der Waals surface area contributed by atoms with Crippen molar-refractivity contribution in [1.29, 1.82) is 0 Å². The van der Waals surface area contributed by atoms with E-state index in [1.807, 2.05) is 38.1 Å². The van der Waals surface area contributed by atoms with Crippen LogP contribution in [0.25, 0.3) is 11.0 Å². The number of hydrogen-bond acceptors (Lipinski definition) is 3. The molecule has 5 nitrogen and oxygen atoms in total. The molecule has 2 heterocycles. The molecule has 128 valence electrons. The van der Waals surface area contributed by atoms with Crippen molar-refractivity contribution in [2.45, 2.75) is 26.9 Å². The second kappa shape index (κ2) is 6.24. The smallest absolute Gasteiger partial charge is 0.226 e. The molecular formula is C20H22N4O. The topological polar surface area (TPSA) is 50.2 Å². The summed E-state index contributed by atoms with van der Waals surface area (Å²) in [6, 6.07) is 16.3. The molecule has 0 atom stereocenters. The molecule has 0 radical (unpaired) electrons. The summed E-state index contributed by atoms with van der Waals surface area (Å²) in [5, 5.41) is 2.98. The molecular weight excluding hydrogens is 312 g/mol. The van der Waals surface area contributed by atoms with E-state index in [2.05, 4.69) is 39.0 Å². The van der Waals surface area contributed by atoms with Gasteiger partial charge in [0.25, 0.3) is 0 Å².